The van der Waals surface area contributed by atoms with Crippen LogP contribution in [0.1, 0.15) is 17.3 Å². The summed E-state index contributed by atoms with van der Waals surface area (Å²) in [5, 5.41) is 0. The van der Waals surface area contributed by atoms with Gasteiger partial charge in [0.1, 0.15) is 5.82 Å². The summed E-state index contributed by atoms with van der Waals surface area (Å²) < 4.78 is 17.5. The molecule has 0 unspecified atom stereocenters. The van der Waals surface area contributed by atoms with Crippen molar-refractivity contribution in [1.29, 1.82) is 0 Å². The van der Waals surface area contributed by atoms with Gasteiger partial charge in [-0.3, -0.25) is 4.79 Å². The van der Waals surface area contributed by atoms with Crippen LogP contribution in [0, 0.1) is 5.82 Å². The second-order valence-corrected chi connectivity index (χ2v) is 2.53. The van der Waals surface area contributed by atoms with E-state index in [9.17, 15) is 14.0 Å². The highest BCUT2D eigenvalue weighted by atomic mass is 19.1. The number of esters is 1. The van der Waals surface area contributed by atoms with Gasteiger partial charge in [-0.15, -0.1) is 0 Å². The third-order valence-corrected chi connectivity index (χ3v) is 1.58. The number of hydrogen-bond donors (Lipinski definition) is 0. The van der Waals surface area contributed by atoms with Crippen molar-refractivity contribution in [3.63, 3.8) is 0 Å². The summed E-state index contributed by atoms with van der Waals surface area (Å²) in [5.41, 5.74) is -0.258. The molecule has 0 saturated carbocycles. The molecule has 0 atom stereocenters. The van der Waals surface area contributed by atoms with Crippen LogP contribution in [0.2, 0.25) is 0 Å². The Morgan fingerprint density at radius 2 is 2.00 bits per heavy atom. The molecule has 0 N–H and O–H groups in total. The molecular weight excluding hydrogens is 187 g/mol. The Morgan fingerprint density at radius 1 is 1.36 bits per heavy atom. The van der Waals surface area contributed by atoms with Gasteiger partial charge in [-0.25, -0.2) is 9.18 Å². The smallest absolute Gasteiger partial charge is 0.379 e. The van der Waals surface area contributed by atoms with E-state index in [-0.39, 0.29) is 12.2 Å². The van der Waals surface area contributed by atoms with E-state index >= 15 is 0 Å². The first-order valence-corrected chi connectivity index (χ1v) is 4.12. The maximum Gasteiger partial charge on any atom is 0.379 e. The normalized spacial score (nSPS) is 9.57. The minimum atomic E-state index is -1.03. The summed E-state index contributed by atoms with van der Waals surface area (Å²) in [6.45, 7) is 1.67. The van der Waals surface area contributed by atoms with Gasteiger partial charge >= 0.3 is 5.97 Å². The monoisotopic (exact) mass is 196 g/mol. The van der Waals surface area contributed by atoms with E-state index < -0.39 is 17.6 Å². The zero-order chi connectivity index (χ0) is 10.6. The van der Waals surface area contributed by atoms with Crippen LogP contribution in [-0.4, -0.2) is 18.4 Å². The summed E-state index contributed by atoms with van der Waals surface area (Å²) in [4.78, 5) is 22.2. The zero-order valence-electron chi connectivity index (χ0n) is 7.62. The summed E-state index contributed by atoms with van der Waals surface area (Å²) >= 11 is 0. The maximum absolute atomic E-state index is 13.0. The first-order chi connectivity index (χ1) is 6.66. The van der Waals surface area contributed by atoms with Gasteiger partial charge in [0, 0.05) is 0 Å². The molecule has 0 bridgehead atoms. The first kappa shape index (κ1) is 10.4. The van der Waals surface area contributed by atoms with E-state index in [0.717, 1.165) is 6.07 Å². The van der Waals surface area contributed by atoms with Gasteiger partial charge in [-0.05, 0) is 19.1 Å². The van der Waals surface area contributed by atoms with Crippen molar-refractivity contribution in [2.75, 3.05) is 6.61 Å². The highest BCUT2D eigenvalue weighted by Crippen LogP contribution is 2.07. The van der Waals surface area contributed by atoms with Crippen LogP contribution in [0.5, 0.6) is 0 Å². The molecule has 0 fully saturated rings. The molecule has 14 heavy (non-hydrogen) atoms. The van der Waals surface area contributed by atoms with Crippen molar-refractivity contribution in [3.8, 4) is 0 Å². The van der Waals surface area contributed by atoms with Gasteiger partial charge in [-0.2, -0.15) is 0 Å². The fourth-order valence-corrected chi connectivity index (χ4v) is 0.952. The third-order valence-electron chi connectivity index (χ3n) is 1.58. The van der Waals surface area contributed by atoms with Crippen molar-refractivity contribution < 1.29 is 18.7 Å². The first-order valence-electron chi connectivity index (χ1n) is 4.12. The van der Waals surface area contributed by atoms with Crippen LogP contribution in [0.3, 0.4) is 0 Å². The number of Topliss-reactive ketones (excluding diaryl/α,β-unsaturated/α-hetero) is 1. The molecule has 3 nitrogen and oxygen atoms in total. The minimum Gasteiger partial charge on any atom is -0.460 e. The fourth-order valence-electron chi connectivity index (χ4n) is 0.952. The highest BCUT2D eigenvalue weighted by molar-refractivity contribution is 6.40. The Balaban J connectivity index is 2.90. The Bertz CT molecular complexity index is 360. The SMILES string of the molecule is CCOC(=O)C(=O)c1ccccc1F. The Morgan fingerprint density at radius 3 is 2.57 bits per heavy atom. The highest BCUT2D eigenvalue weighted by Gasteiger charge is 2.20. The minimum absolute atomic E-state index is 0.0963. The molecule has 0 saturated heterocycles. The number of carbonyl (C=O) groups is 2. The summed E-state index contributed by atoms with van der Waals surface area (Å²) in [6.07, 6.45) is 0. The molecule has 0 spiro atoms. The fraction of sp³-hybridized carbons (Fsp3) is 0.200. The van der Waals surface area contributed by atoms with Gasteiger partial charge in [0.2, 0.25) is 0 Å². The van der Waals surface area contributed by atoms with Crippen molar-refractivity contribution in [2.24, 2.45) is 0 Å². The van der Waals surface area contributed by atoms with E-state index in [4.69, 9.17) is 0 Å². The topological polar surface area (TPSA) is 43.4 Å². The lowest BCUT2D eigenvalue weighted by atomic mass is 10.1. The van der Waals surface area contributed by atoms with Crippen LogP contribution in [0.25, 0.3) is 0 Å². The second-order valence-electron chi connectivity index (χ2n) is 2.53. The van der Waals surface area contributed by atoms with Crippen molar-refractivity contribution in [1.82, 2.24) is 0 Å². The lowest BCUT2D eigenvalue weighted by Crippen LogP contribution is -2.18. The second kappa shape index (κ2) is 4.50. The van der Waals surface area contributed by atoms with Gasteiger partial charge in [-0.1, -0.05) is 12.1 Å². The number of halogens is 1. The lowest BCUT2D eigenvalue weighted by molar-refractivity contribution is -0.137. The van der Waals surface area contributed by atoms with Crippen LogP contribution < -0.4 is 0 Å². The quantitative estimate of drug-likeness (QED) is 0.418. The number of carbonyl (C=O) groups excluding carboxylic acids is 2. The predicted octanol–water partition coefficient (Wildman–Crippen LogP) is 1.57. The third kappa shape index (κ3) is 2.16. The molecule has 74 valence electrons. The van der Waals surface area contributed by atoms with E-state index in [1.807, 2.05) is 0 Å². The number of rotatable bonds is 3. The van der Waals surface area contributed by atoms with E-state index in [2.05, 4.69) is 4.74 Å². The molecule has 4 heteroatoms. The number of ether oxygens (including phenoxy) is 1. The largest absolute Gasteiger partial charge is 0.460 e. The predicted molar refractivity (Wildman–Crippen MR) is 47.4 cm³/mol. The molecule has 1 rings (SSSR count). The molecule has 1 aromatic carbocycles. The summed E-state index contributed by atoms with van der Waals surface area (Å²) in [7, 11) is 0. The molecule has 0 heterocycles. The zero-order valence-corrected chi connectivity index (χ0v) is 7.62. The average Bonchev–Trinajstić information content (AvgIpc) is 2.18. The Kier molecular flexibility index (Phi) is 3.34. The molecule has 0 aliphatic heterocycles. The number of hydrogen-bond acceptors (Lipinski definition) is 3. The van der Waals surface area contributed by atoms with Crippen molar-refractivity contribution >= 4 is 11.8 Å². The summed E-state index contributed by atoms with van der Waals surface area (Å²) in [5.74, 6) is -2.70. The summed E-state index contributed by atoms with van der Waals surface area (Å²) in [6, 6.07) is 5.29. The van der Waals surface area contributed by atoms with Gasteiger partial charge in [0.05, 0.1) is 12.2 Å². The molecule has 0 aliphatic rings. The van der Waals surface area contributed by atoms with Gasteiger partial charge in [0.15, 0.2) is 0 Å². The van der Waals surface area contributed by atoms with Crippen molar-refractivity contribution in [2.45, 2.75) is 6.92 Å². The van der Waals surface area contributed by atoms with Crippen LogP contribution in [0.15, 0.2) is 24.3 Å². The van der Waals surface area contributed by atoms with E-state index in [0.29, 0.717) is 0 Å². The van der Waals surface area contributed by atoms with Crippen molar-refractivity contribution in [3.05, 3.63) is 35.6 Å². The molecule has 0 aromatic heterocycles. The average molecular weight is 196 g/mol. The van der Waals surface area contributed by atoms with E-state index in [1.54, 1.807) is 6.92 Å². The van der Waals surface area contributed by atoms with Crippen LogP contribution in [0.4, 0.5) is 4.39 Å². The Labute approximate surface area is 80.5 Å². The number of ketones is 1. The van der Waals surface area contributed by atoms with E-state index in [1.165, 1.54) is 18.2 Å². The van der Waals surface area contributed by atoms with Crippen LogP contribution >= 0.6 is 0 Å². The number of benzene rings is 1. The molecule has 0 amide bonds. The van der Waals surface area contributed by atoms with Crippen LogP contribution in [-0.2, 0) is 9.53 Å². The maximum atomic E-state index is 13.0. The molecule has 0 aliphatic carbocycles. The van der Waals surface area contributed by atoms with Gasteiger partial charge < -0.3 is 4.74 Å². The lowest BCUT2D eigenvalue weighted by Gasteiger charge is -2.01. The molecular formula is C10H9FO3. The van der Waals surface area contributed by atoms with Gasteiger partial charge in [0.25, 0.3) is 5.78 Å². The Hall–Kier alpha value is -1.71. The molecule has 1 aromatic rings. The standard InChI is InChI=1S/C10H9FO3/c1-2-14-10(13)9(12)7-5-3-4-6-8(7)11/h3-6H,2H2,1H3. The molecule has 0 radical (unpaired) electrons.